The predicted octanol–water partition coefficient (Wildman–Crippen LogP) is 0.512. The maximum Gasteiger partial charge on any atom is 0.322 e. The molecule has 0 amide bonds. The van der Waals surface area contributed by atoms with Crippen LogP contribution in [0.2, 0.25) is 0 Å². The van der Waals surface area contributed by atoms with Crippen LogP contribution in [0.4, 0.5) is 5.82 Å². The van der Waals surface area contributed by atoms with Crippen molar-refractivity contribution in [3.8, 4) is 6.07 Å². The minimum Gasteiger partial charge on any atom is -0.465 e. The number of rotatable bonds is 12. The molecule has 5 atom stereocenters. The van der Waals surface area contributed by atoms with Gasteiger partial charge in [-0.1, -0.05) is 0 Å². The van der Waals surface area contributed by atoms with Crippen LogP contribution in [0, 0.1) is 11.3 Å². The number of nitriles is 1. The van der Waals surface area contributed by atoms with Crippen molar-refractivity contribution in [1.29, 1.82) is 5.26 Å². The van der Waals surface area contributed by atoms with E-state index in [2.05, 4.69) is 21.5 Å². The third kappa shape index (κ3) is 5.27. The Morgan fingerprint density at radius 2 is 2.18 bits per heavy atom. The first-order valence-electron chi connectivity index (χ1n) is 10.9. The van der Waals surface area contributed by atoms with Crippen molar-refractivity contribution in [3.05, 3.63) is 24.2 Å². The first-order chi connectivity index (χ1) is 16.4. The zero-order valence-corrected chi connectivity index (χ0v) is 19.6. The smallest absolute Gasteiger partial charge is 0.322 e. The Labute approximate surface area is 197 Å². The van der Waals surface area contributed by atoms with Gasteiger partial charge in [0.15, 0.2) is 5.82 Å². The highest BCUT2D eigenvalue weighted by Crippen LogP contribution is 2.40. The molecule has 2 aromatic heterocycles. The highest BCUT2D eigenvalue weighted by molar-refractivity contribution is 5.75. The lowest BCUT2D eigenvalue weighted by Crippen LogP contribution is -2.50. The number of fused-ring (bicyclic) bond motifs is 1. The van der Waals surface area contributed by atoms with Gasteiger partial charge in [0.25, 0.3) is 6.48 Å². The Kier molecular flexibility index (Phi) is 8.72. The molecule has 3 rings (SSSR count). The number of nitrogens with two attached hydrogens (primary N) is 1. The van der Waals surface area contributed by atoms with Gasteiger partial charge in [-0.2, -0.15) is 10.4 Å². The van der Waals surface area contributed by atoms with Crippen LogP contribution < -0.4 is 11.1 Å². The summed E-state index contributed by atoms with van der Waals surface area (Å²) in [5.74, 6) is -0.112. The number of carbonyl (C=O) groups excluding carboxylic acids is 1. The van der Waals surface area contributed by atoms with Crippen LogP contribution in [0.3, 0.4) is 0 Å². The van der Waals surface area contributed by atoms with Crippen molar-refractivity contribution >= 4 is 17.3 Å². The fraction of sp³-hybridized carbons (Fsp3) is 0.619. The van der Waals surface area contributed by atoms with Gasteiger partial charge in [-0.15, -0.1) is 0 Å². The number of nitrogens with zero attached hydrogens (tertiary/aromatic N) is 4. The van der Waals surface area contributed by atoms with Crippen molar-refractivity contribution in [2.24, 2.45) is 0 Å². The van der Waals surface area contributed by atoms with Crippen LogP contribution in [-0.4, -0.2) is 78.5 Å². The van der Waals surface area contributed by atoms with Gasteiger partial charge in [0.2, 0.25) is 5.60 Å². The van der Waals surface area contributed by atoms with E-state index in [1.54, 1.807) is 37.4 Å². The van der Waals surface area contributed by atoms with Crippen LogP contribution in [0.25, 0.3) is 5.52 Å². The monoisotopic (exact) mass is 478 g/mol. The number of nitrogens with one attached hydrogen (secondary N) is 1. The molecule has 1 unspecified atom stereocenters. The van der Waals surface area contributed by atoms with Crippen LogP contribution in [0.5, 0.6) is 0 Å². The van der Waals surface area contributed by atoms with E-state index in [0.717, 1.165) is 0 Å². The van der Waals surface area contributed by atoms with Gasteiger partial charge in [0, 0.05) is 13.7 Å². The highest BCUT2D eigenvalue weighted by atomic mass is 16.9. The molecule has 34 heavy (non-hydrogen) atoms. The normalized spacial score (nSPS) is 22.9. The number of ether oxygens (including phenoxy) is 6. The van der Waals surface area contributed by atoms with E-state index < -0.39 is 36.3 Å². The van der Waals surface area contributed by atoms with E-state index in [1.807, 2.05) is 0 Å². The summed E-state index contributed by atoms with van der Waals surface area (Å²) < 4.78 is 35.3. The molecule has 1 aliphatic rings. The number of esters is 1. The Balaban J connectivity index is 1.81. The zero-order chi connectivity index (χ0) is 24.7. The molecule has 1 aliphatic heterocycles. The first kappa shape index (κ1) is 25.8. The fourth-order valence-corrected chi connectivity index (χ4v) is 3.53. The first-order valence-corrected chi connectivity index (χ1v) is 10.9. The lowest BCUT2D eigenvalue weighted by Gasteiger charge is -2.32. The maximum atomic E-state index is 11.8. The van der Waals surface area contributed by atoms with Crippen LogP contribution in [0.1, 0.15) is 32.6 Å². The van der Waals surface area contributed by atoms with Gasteiger partial charge in [-0.25, -0.2) is 9.50 Å². The molecule has 0 bridgehead atoms. The molecule has 0 spiro atoms. The highest BCUT2D eigenvalue weighted by Gasteiger charge is 2.53. The number of nitrogen functional groups attached to an aromatic ring is 1. The topological polar surface area (TPSA) is 164 Å². The molecule has 3 N–H and O–H groups in total. The molecule has 0 saturated carbocycles. The van der Waals surface area contributed by atoms with Crippen LogP contribution in [-0.2, 0) is 33.2 Å². The van der Waals surface area contributed by atoms with Crippen molar-refractivity contribution in [2.45, 2.75) is 51.1 Å². The maximum absolute atomic E-state index is 11.8. The lowest BCUT2D eigenvalue weighted by molar-refractivity contribution is -0.250. The number of hydrogen-bond donors (Lipinski definition) is 2. The summed E-state index contributed by atoms with van der Waals surface area (Å²) in [5, 5.41) is 17.3. The Hall–Kier alpha value is -2.86. The molecule has 13 nitrogen and oxygen atoms in total. The van der Waals surface area contributed by atoms with Crippen molar-refractivity contribution in [2.75, 3.05) is 39.4 Å². The van der Waals surface area contributed by atoms with Crippen molar-refractivity contribution < 1.29 is 33.2 Å². The molecule has 1 saturated heterocycles. The minimum absolute atomic E-state index is 0.0300. The second kappa shape index (κ2) is 11.5. The molecular weight excluding hydrogens is 448 g/mol. The largest absolute Gasteiger partial charge is 0.465 e. The standard InChI is InChI=1S/C21H30N6O7/c1-5-31-19(28)13(3)25-12-30-10-21(9-22,29-4)17-16(33-20(34-17)32-6-2)14-7-8-15-18(23)24-11-26-27(14)15/h7-8,11,13,16-17,20,25H,5-6,10,12H2,1-4H3,(H2,23,24,26)/t13-,16-,17-,20?,21+/m0/s1. The SMILES string of the molecule is CCOC(=O)[C@H](C)NCOC[C@@](C#N)(OC)[C@H]1OC(OCC)O[C@H]1c1ccc2c(N)ncnn12. The number of hydrogen-bond acceptors (Lipinski definition) is 12. The van der Waals surface area contributed by atoms with E-state index in [1.165, 1.54) is 13.4 Å². The van der Waals surface area contributed by atoms with Gasteiger partial charge in [0.05, 0.1) is 25.6 Å². The van der Waals surface area contributed by atoms with Gasteiger partial charge < -0.3 is 34.2 Å². The molecular formula is C21H30N6O7. The third-order valence-electron chi connectivity index (χ3n) is 5.36. The summed E-state index contributed by atoms with van der Waals surface area (Å²) in [6.07, 6.45) is -0.428. The van der Waals surface area contributed by atoms with Gasteiger partial charge in [-0.3, -0.25) is 10.1 Å². The summed E-state index contributed by atoms with van der Waals surface area (Å²) in [4.78, 5) is 15.8. The van der Waals surface area contributed by atoms with Crippen molar-refractivity contribution in [3.63, 3.8) is 0 Å². The number of carbonyl (C=O) groups is 1. The minimum atomic E-state index is -1.58. The van der Waals surface area contributed by atoms with E-state index >= 15 is 0 Å². The van der Waals surface area contributed by atoms with E-state index in [0.29, 0.717) is 23.6 Å². The van der Waals surface area contributed by atoms with Crippen molar-refractivity contribution in [1.82, 2.24) is 19.9 Å². The van der Waals surface area contributed by atoms with Gasteiger partial charge >= 0.3 is 5.97 Å². The zero-order valence-electron chi connectivity index (χ0n) is 19.6. The fourth-order valence-electron chi connectivity index (χ4n) is 3.53. The third-order valence-corrected chi connectivity index (χ3v) is 5.36. The predicted molar refractivity (Wildman–Crippen MR) is 117 cm³/mol. The van der Waals surface area contributed by atoms with E-state index in [4.69, 9.17) is 34.2 Å². The lowest BCUT2D eigenvalue weighted by atomic mass is 9.93. The van der Waals surface area contributed by atoms with E-state index in [-0.39, 0.29) is 19.9 Å². The molecule has 3 heterocycles. The van der Waals surface area contributed by atoms with Gasteiger partial charge in [0.1, 0.15) is 36.2 Å². The summed E-state index contributed by atoms with van der Waals surface area (Å²) >= 11 is 0. The molecule has 2 aromatic rings. The average Bonchev–Trinajstić information content (AvgIpc) is 3.45. The summed E-state index contributed by atoms with van der Waals surface area (Å²) in [6.45, 7) is 4.52. The van der Waals surface area contributed by atoms with Gasteiger partial charge in [-0.05, 0) is 32.9 Å². The molecule has 0 radical (unpaired) electrons. The second-order valence-electron chi connectivity index (χ2n) is 7.43. The number of anilines is 1. The van der Waals surface area contributed by atoms with E-state index in [9.17, 15) is 10.1 Å². The Morgan fingerprint density at radius 1 is 1.38 bits per heavy atom. The van der Waals surface area contributed by atoms with Crippen LogP contribution >= 0.6 is 0 Å². The average molecular weight is 479 g/mol. The Morgan fingerprint density at radius 3 is 2.85 bits per heavy atom. The molecule has 0 aliphatic carbocycles. The number of aromatic nitrogens is 3. The quantitative estimate of drug-likeness (QED) is 0.247. The number of methoxy groups -OCH3 is 1. The second-order valence-corrected chi connectivity index (χ2v) is 7.43. The van der Waals surface area contributed by atoms with Crippen LogP contribution in [0.15, 0.2) is 18.5 Å². The summed E-state index contributed by atoms with van der Waals surface area (Å²) in [6, 6.07) is 5.08. The molecule has 186 valence electrons. The molecule has 13 heteroatoms. The summed E-state index contributed by atoms with van der Waals surface area (Å²) in [5.41, 5.74) is 5.53. The Bertz CT molecular complexity index is 1010. The molecule has 0 aromatic carbocycles. The summed E-state index contributed by atoms with van der Waals surface area (Å²) in [7, 11) is 1.38. The molecule has 1 fully saturated rings.